The number of rotatable bonds is 14. The Labute approximate surface area is 204 Å². The highest BCUT2D eigenvalue weighted by Crippen LogP contribution is 2.51. The van der Waals surface area contributed by atoms with Crippen LogP contribution in [-0.4, -0.2) is 61.9 Å². The van der Waals surface area contributed by atoms with E-state index in [4.69, 9.17) is 5.11 Å². The molecule has 4 nitrogen and oxygen atoms in total. The lowest BCUT2D eigenvalue weighted by molar-refractivity contribution is 0.105. The van der Waals surface area contributed by atoms with Crippen molar-refractivity contribution in [2.75, 3.05) is 45.9 Å². The molecule has 5 rings (SSSR count). The number of aliphatic hydroxyl groups is 1. The summed E-state index contributed by atoms with van der Waals surface area (Å²) < 4.78 is 0. The zero-order chi connectivity index (χ0) is 22.5. The normalized spacial score (nSPS) is 39.0. The maximum absolute atomic E-state index is 9.02. The van der Waals surface area contributed by atoms with Crippen molar-refractivity contribution in [2.24, 2.45) is 41.4 Å². The van der Waals surface area contributed by atoms with E-state index in [0.29, 0.717) is 0 Å². The first-order valence-corrected chi connectivity index (χ1v) is 15.1. The van der Waals surface area contributed by atoms with E-state index in [0.717, 1.165) is 67.1 Å². The van der Waals surface area contributed by atoms with Gasteiger partial charge >= 0.3 is 0 Å². The number of nitrogens with one attached hydrogen (secondary N) is 2. The smallest absolute Gasteiger partial charge is 0.0555 e. The molecule has 8 atom stereocenters. The fraction of sp³-hybridized carbons (Fsp3) is 1.00. The quantitative estimate of drug-likeness (QED) is 0.330. The standard InChI is InChI=1S/C29H53N3O/c33-16-13-30-12-15-32-14-4-6-27(21-32)29(28-20-23-8-10-26(28)19-23)31-11-3-1-2-5-24-17-22-7-9-25(24)18-22/h22-31,33H,1-21H2. The third-order valence-electron chi connectivity index (χ3n) is 10.7. The molecule has 3 N–H and O–H groups in total. The molecule has 0 aromatic rings. The summed E-state index contributed by atoms with van der Waals surface area (Å²) >= 11 is 0. The maximum atomic E-state index is 9.02. The molecule has 33 heavy (non-hydrogen) atoms. The molecule has 0 aromatic carbocycles. The van der Waals surface area contributed by atoms with Crippen molar-refractivity contribution in [3.8, 4) is 0 Å². The van der Waals surface area contributed by atoms with Gasteiger partial charge < -0.3 is 20.6 Å². The van der Waals surface area contributed by atoms with E-state index in [1.807, 2.05) is 0 Å². The second kappa shape index (κ2) is 12.2. The SMILES string of the molecule is OCCNCCN1CCCC(C(NCCCCCC2CC3CCC2C3)C2CC3CCC2C3)C1. The first-order chi connectivity index (χ1) is 16.3. The second-order valence-electron chi connectivity index (χ2n) is 12.8. The number of hydrogen-bond acceptors (Lipinski definition) is 4. The van der Waals surface area contributed by atoms with Gasteiger partial charge in [-0.25, -0.2) is 0 Å². The van der Waals surface area contributed by atoms with Crippen LogP contribution in [0, 0.1) is 41.4 Å². The van der Waals surface area contributed by atoms with Crippen molar-refractivity contribution in [3.05, 3.63) is 0 Å². The van der Waals surface area contributed by atoms with Gasteiger partial charge in [0, 0.05) is 32.2 Å². The topological polar surface area (TPSA) is 47.5 Å². The molecular formula is C29H53N3O. The van der Waals surface area contributed by atoms with E-state index in [1.54, 1.807) is 25.7 Å². The van der Waals surface area contributed by atoms with Gasteiger partial charge in [0.1, 0.15) is 0 Å². The summed E-state index contributed by atoms with van der Waals surface area (Å²) in [5.41, 5.74) is 0. The number of fused-ring (bicyclic) bond motifs is 4. The van der Waals surface area contributed by atoms with Gasteiger partial charge in [-0.05, 0) is 112 Å². The van der Waals surface area contributed by atoms with E-state index < -0.39 is 0 Å². The van der Waals surface area contributed by atoms with Crippen molar-refractivity contribution < 1.29 is 5.11 Å². The molecule has 1 heterocycles. The van der Waals surface area contributed by atoms with Crippen molar-refractivity contribution in [1.82, 2.24) is 15.5 Å². The lowest BCUT2D eigenvalue weighted by Crippen LogP contribution is -2.51. The van der Waals surface area contributed by atoms with Crippen LogP contribution in [0.4, 0.5) is 0 Å². The van der Waals surface area contributed by atoms with Gasteiger partial charge in [0.25, 0.3) is 0 Å². The first-order valence-electron chi connectivity index (χ1n) is 15.1. The van der Waals surface area contributed by atoms with Crippen molar-refractivity contribution in [2.45, 2.75) is 95.9 Å². The Hall–Kier alpha value is -0.160. The Morgan fingerprint density at radius 3 is 2.39 bits per heavy atom. The lowest BCUT2D eigenvalue weighted by atomic mass is 9.75. The molecule has 0 aromatic heterocycles. The summed E-state index contributed by atoms with van der Waals surface area (Å²) in [6.45, 7) is 6.95. The van der Waals surface area contributed by atoms with Gasteiger partial charge in [0.15, 0.2) is 0 Å². The number of piperidine rings is 1. The predicted molar refractivity (Wildman–Crippen MR) is 137 cm³/mol. The summed E-state index contributed by atoms with van der Waals surface area (Å²) in [6.07, 6.45) is 21.0. The Morgan fingerprint density at radius 1 is 0.818 bits per heavy atom. The molecule has 4 aliphatic carbocycles. The molecule has 5 fully saturated rings. The molecule has 190 valence electrons. The zero-order valence-corrected chi connectivity index (χ0v) is 21.4. The van der Waals surface area contributed by atoms with Crippen LogP contribution < -0.4 is 10.6 Å². The molecule has 0 spiro atoms. The van der Waals surface area contributed by atoms with Crippen LogP contribution in [0.2, 0.25) is 0 Å². The number of nitrogens with zero attached hydrogens (tertiary/aromatic N) is 1. The fourth-order valence-corrected chi connectivity index (χ4v) is 9.14. The summed E-state index contributed by atoms with van der Waals surface area (Å²) in [4.78, 5) is 2.70. The third-order valence-corrected chi connectivity index (χ3v) is 10.7. The summed E-state index contributed by atoms with van der Waals surface area (Å²) in [5, 5.41) is 16.6. The zero-order valence-electron chi connectivity index (χ0n) is 21.4. The van der Waals surface area contributed by atoms with Gasteiger partial charge in [-0.2, -0.15) is 0 Å². The minimum atomic E-state index is 0.251. The van der Waals surface area contributed by atoms with Crippen LogP contribution in [0.5, 0.6) is 0 Å². The average Bonchev–Trinajstić information content (AvgIpc) is 3.64. The summed E-state index contributed by atoms with van der Waals surface area (Å²) in [6, 6.07) is 0.763. The monoisotopic (exact) mass is 459 g/mol. The Morgan fingerprint density at radius 2 is 1.67 bits per heavy atom. The summed E-state index contributed by atoms with van der Waals surface area (Å²) in [5.74, 6) is 7.19. The molecular weight excluding hydrogens is 406 g/mol. The van der Waals surface area contributed by atoms with E-state index in [9.17, 15) is 0 Å². The molecule has 1 saturated heterocycles. The molecule has 1 aliphatic heterocycles. The van der Waals surface area contributed by atoms with Crippen molar-refractivity contribution in [1.29, 1.82) is 0 Å². The van der Waals surface area contributed by atoms with E-state index in [1.165, 1.54) is 83.8 Å². The highest BCUT2D eigenvalue weighted by Gasteiger charge is 2.45. The van der Waals surface area contributed by atoms with Crippen molar-refractivity contribution in [3.63, 3.8) is 0 Å². The van der Waals surface area contributed by atoms with Gasteiger partial charge in [-0.3, -0.25) is 0 Å². The Balaban J connectivity index is 1.06. The number of likely N-dealkylation sites (tertiary alicyclic amines) is 1. The second-order valence-corrected chi connectivity index (χ2v) is 12.8. The largest absolute Gasteiger partial charge is 0.395 e. The number of unbranched alkanes of at least 4 members (excludes halogenated alkanes) is 2. The van der Waals surface area contributed by atoms with Crippen LogP contribution in [0.25, 0.3) is 0 Å². The molecule has 4 bridgehead atoms. The fourth-order valence-electron chi connectivity index (χ4n) is 9.14. The molecule has 8 unspecified atom stereocenters. The molecule has 4 saturated carbocycles. The molecule has 4 heteroatoms. The van der Waals surface area contributed by atoms with Gasteiger partial charge in [-0.1, -0.05) is 32.1 Å². The highest BCUT2D eigenvalue weighted by molar-refractivity contribution is 4.98. The van der Waals surface area contributed by atoms with Gasteiger partial charge in [0.2, 0.25) is 0 Å². The predicted octanol–water partition coefficient (Wildman–Crippen LogP) is 4.67. The van der Waals surface area contributed by atoms with E-state index >= 15 is 0 Å². The van der Waals surface area contributed by atoms with Crippen LogP contribution in [0.1, 0.15) is 89.9 Å². The van der Waals surface area contributed by atoms with Crippen molar-refractivity contribution >= 4 is 0 Å². The van der Waals surface area contributed by atoms with Gasteiger partial charge in [-0.15, -0.1) is 0 Å². The summed E-state index contributed by atoms with van der Waals surface area (Å²) in [7, 11) is 0. The van der Waals surface area contributed by atoms with Crippen LogP contribution in [0.3, 0.4) is 0 Å². The molecule has 5 aliphatic rings. The van der Waals surface area contributed by atoms with Gasteiger partial charge in [0.05, 0.1) is 6.61 Å². The van der Waals surface area contributed by atoms with E-state index in [2.05, 4.69) is 15.5 Å². The average molecular weight is 460 g/mol. The minimum Gasteiger partial charge on any atom is -0.395 e. The van der Waals surface area contributed by atoms with Crippen LogP contribution in [0.15, 0.2) is 0 Å². The van der Waals surface area contributed by atoms with Crippen LogP contribution >= 0.6 is 0 Å². The highest BCUT2D eigenvalue weighted by atomic mass is 16.3. The Kier molecular flexibility index (Phi) is 9.06. The third kappa shape index (κ3) is 6.35. The molecule has 0 amide bonds. The number of hydrogen-bond donors (Lipinski definition) is 3. The maximum Gasteiger partial charge on any atom is 0.0555 e. The minimum absolute atomic E-state index is 0.251. The van der Waals surface area contributed by atoms with Crippen LogP contribution in [-0.2, 0) is 0 Å². The number of aliphatic hydroxyl groups excluding tert-OH is 1. The van der Waals surface area contributed by atoms with E-state index in [-0.39, 0.29) is 6.61 Å². The first kappa shape index (κ1) is 24.5. The molecule has 0 radical (unpaired) electrons. The lowest BCUT2D eigenvalue weighted by Gasteiger charge is -2.42. The Bertz CT molecular complexity index is 585.